The van der Waals surface area contributed by atoms with E-state index in [9.17, 15) is 21.6 Å². The van der Waals surface area contributed by atoms with E-state index in [-0.39, 0.29) is 40.1 Å². The molecule has 0 spiro atoms. The Morgan fingerprint density at radius 1 is 1.42 bits per heavy atom. The Kier molecular flexibility index (Phi) is 6.54. The van der Waals surface area contributed by atoms with E-state index in [0.29, 0.717) is 6.42 Å². The fourth-order valence-corrected chi connectivity index (χ4v) is 5.84. The van der Waals surface area contributed by atoms with E-state index in [2.05, 4.69) is 5.32 Å². The standard InChI is InChI=1S/C15H21ClN2O6S2/c1-18(7-6-16)26(22,23)12-3-4-14(24-2)13(9-12)15(19)17-11-5-8-25(20,21)10-11/h3-4,9,11H,5-8,10H2,1-2H3,(H,17,19)/t11-/m0/s1. The zero-order valence-electron chi connectivity index (χ0n) is 14.4. The minimum atomic E-state index is -3.81. The largest absolute Gasteiger partial charge is 0.496 e. The summed E-state index contributed by atoms with van der Waals surface area (Å²) in [5.41, 5.74) is 0.0251. The summed E-state index contributed by atoms with van der Waals surface area (Å²) in [6.07, 6.45) is 0.326. The molecule has 0 unspecified atom stereocenters. The van der Waals surface area contributed by atoms with Gasteiger partial charge in [-0.1, -0.05) is 0 Å². The number of benzene rings is 1. The molecule has 146 valence electrons. The van der Waals surface area contributed by atoms with Crippen molar-refractivity contribution in [3.8, 4) is 5.75 Å². The smallest absolute Gasteiger partial charge is 0.255 e. The molecule has 1 amide bonds. The van der Waals surface area contributed by atoms with Crippen molar-refractivity contribution in [3.63, 3.8) is 0 Å². The Morgan fingerprint density at radius 2 is 2.12 bits per heavy atom. The number of halogens is 1. The molecule has 11 heteroatoms. The number of ether oxygens (including phenoxy) is 1. The van der Waals surface area contributed by atoms with Crippen molar-refractivity contribution >= 4 is 37.4 Å². The molecular weight excluding hydrogens is 404 g/mol. The lowest BCUT2D eigenvalue weighted by Crippen LogP contribution is -2.36. The van der Waals surface area contributed by atoms with Crippen LogP contribution in [0.2, 0.25) is 0 Å². The molecule has 0 saturated carbocycles. The predicted molar refractivity (Wildman–Crippen MR) is 98.1 cm³/mol. The minimum absolute atomic E-state index is 0.0206. The predicted octanol–water partition coefficient (Wildman–Crippen LogP) is 0.471. The number of sulfone groups is 1. The SMILES string of the molecule is COc1ccc(S(=O)(=O)N(C)CCCl)cc1C(=O)N[C@H]1CCS(=O)(=O)C1. The van der Waals surface area contributed by atoms with Gasteiger partial charge < -0.3 is 10.1 Å². The third-order valence-electron chi connectivity index (χ3n) is 4.09. The maximum absolute atomic E-state index is 12.6. The Labute approximate surface area is 158 Å². The second kappa shape index (κ2) is 8.12. The number of amides is 1. The van der Waals surface area contributed by atoms with Crippen molar-refractivity contribution in [1.82, 2.24) is 9.62 Å². The average Bonchev–Trinajstić information content (AvgIpc) is 2.92. The Morgan fingerprint density at radius 3 is 2.65 bits per heavy atom. The van der Waals surface area contributed by atoms with Gasteiger partial charge in [0.15, 0.2) is 9.84 Å². The maximum atomic E-state index is 12.6. The van der Waals surface area contributed by atoms with E-state index < -0.39 is 31.8 Å². The fraction of sp³-hybridized carbons (Fsp3) is 0.533. The van der Waals surface area contributed by atoms with Crippen LogP contribution in [-0.2, 0) is 19.9 Å². The van der Waals surface area contributed by atoms with Gasteiger partial charge in [0.25, 0.3) is 5.91 Å². The number of carbonyl (C=O) groups is 1. The highest BCUT2D eigenvalue weighted by atomic mass is 35.5. The van der Waals surface area contributed by atoms with E-state index in [1.807, 2.05) is 0 Å². The summed E-state index contributed by atoms with van der Waals surface area (Å²) in [5.74, 6) is -0.358. The normalized spacial score (nSPS) is 19.5. The monoisotopic (exact) mass is 424 g/mol. The molecule has 1 aromatic rings. The summed E-state index contributed by atoms with van der Waals surface area (Å²) in [4.78, 5) is 12.5. The molecule has 0 radical (unpaired) electrons. The lowest BCUT2D eigenvalue weighted by atomic mass is 10.1. The van der Waals surface area contributed by atoms with Crippen LogP contribution in [0.15, 0.2) is 23.1 Å². The van der Waals surface area contributed by atoms with Crippen LogP contribution in [0, 0.1) is 0 Å². The van der Waals surface area contributed by atoms with Crippen LogP contribution in [0.5, 0.6) is 5.75 Å². The number of methoxy groups -OCH3 is 1. The molecule has 0 aromatic heterocycles. The first-order valence-corrected chi connectivity index (χ1v) is 11.6. The zero-order chi connectivity index (χ0) is 19.5. The van der Waals surface area contributed by atoms with Crippen molar-refractivity contribution in [3.05, 3.63) is 23.8 Å². The van der Waals surface area contributed by atoms with Gasteiger partial charge >= 0.3 is 0 Å². The molecule has 0 aliphatic carbocycles. The number of nitrogens with zero attached hydrogens (tertiary/aromatic N) is 1. The Hall–Kier alpha value is -1.36. The van der Waals surface area contributed by atoms with Gasteiger partial charge in [0, 0.05) is 25.5 Å². The summed E-state index contributed by atoms with van der Waals surface area (Å²) in [6.45, 7) is 0.122. The number of nitrogens with one attached hydrogen (secondary N) is 1. The van der Waals surface area contributed by atoms with Gasteiger partial charge in [-0.15, -0.1) is 11.6 Å². The molecular formula is C15H21ClN2O6S2. The van der Waals surface area contributed by atoms with Crippen molar-refractivity contribution < 1.29 is 26.4 Å². The van der Waals surface area contributed by atoms with Crippen molar-refractivity contribution in [2.45, 2.75) is 17.4 Å². The van der Waals surface area contributed by atoms with E-state index >= 15 is 0 Å². The summed E-state index contributed by atoms with van der Waals surface area (Å²) in [6, 6.07) is 3.45. The molecule has 1 aliphatic heterocycles. The molecule has 8 nitrogen and oxygen atoms in total. The van der Waals surface area contributed by atoms with Gasteiger partial charge in [-0.25, -0.2) is 16.8 Å². The molecule has 1 heterocycles. The summed E-state index contributed by atoms with van der Waals surface area (Å²) in [7, 11) is -4.20. The van der Waals surface area contributed by atoms with Crippen LogP contribution in [-0.4, -0.2) is 71.2 Å². The number of hydrogen-bond donors (Lipinski definition) is 1. The van der Waals surface area contributed by atoms with E-state index in [0.717, 1.165) is 4.31 Å². The third kappa shape index (κ3) is 4.67. The lowest BCUT2D eigenvalue weighted by Gasteiger charge is -2.18. The molecule has 2 rings (SSSR count). The van der Waals surface area contributed by atoms with Crippen LogP contribution >= 0.6 is 11.6 Å². The molecule has 1 saturated heterocycles. The number of rotatable bonds is 7. The first-order valence-electron chi connectivity index (χ1n) is 7.82. The van der Waals surface area contributed by atoms with Crippen LogP contribution in [0.1, 0.15) is 16.8 Å². The topological polar surface area (TPSA) is 110 Å². The van der Waals surface area contributed by atoms with Crippen LogP contribution in [0.4, 0.5) is 0 Å². The third-order valence-corrected chi connectivity index (χ3v) is 7.88. The summed E-state index contributed by atoms with van der Waals surface area (Å²) in [5, 5.41) is 2.63. The molecule has 1 fully saturated rings. The van der Waals surface area contributed by atoms with Crippen molar-refractivity contribution in [2.75, 3.05) is 38.1 Å². The van der Waals surface area contributed by atoms with Gasteiger partial charge in [0.1, 0.15) is 5.75 Å². The highest BCUT2D eigenvalue weighted by Gasteiger charge is 2.30. The molecule has 1 N–H and O–H groups in total. The number of sulfonamides is 1. The van der Waals surface area contributed by atoms with E-state index in [4.69, 9.17) is 16.3 Å². The second-order valence-electron chi connectivity index (χ2n) is 5.95. The lowest BCUT2D eigenvalue weighted by molar-refractivity contribution is 0.0938. The molecule has 26 heavy (non-hydrogen) atoms. The van der Waals surface area contributed by atoms with E-state index in [1.54, 1.807) is 0 Å². The van der Waals surface area contributed by atoms with Gasteiger partial charge in [-0.3, -0.25) is 4.79 Å². The van der Waals surface area contributed by atoms with Crippen LogP contribution < -0.4 is 10.1 Å². The van der Waals surface area contributed by atoms with Crippen molar-refractivity contribution in [2.24, 2.45) is 0 Å². The molecule has 1 atom stereocenters. The minimum Gasteiger partial charge on any atom is -0.496 e. The number of carbonyl (C=O) groups excluding carboxylic acids is 1. The summed E-state index contributed by atoms with van der Waals surface area (Å²) < 4.78 is 54.4. The first kappa shape index (κ1) is 20.9. The fourth-order valence-electron chi connectivity index (χ4n) is 2.62. The summed E-state index contributed by atoms with van der Waals surface area (Å²) >= 11 is 5.60. The Balaban J connectivity index is 2.31. The van der Waals surface area contributed by atoms with Crippen LogP contribution in [0.3, 0.4) is 0 Å². The average molecular weight is 425 g/mol. The van der Waals surface area contributed by atoms with Gasteiger partial charge in [-0.05, 0) is 24.6 Å². The first-order chi connectivity index (χ1) is 12.1. The van der Waals surface area contributed by atoms with Gasteiger partial charge in [-0.2, -0.15) is 4.31 Å². The number of alkyl halides is 1. The highest BCUT2D eigenvalue weighted by Crippen LogP contribution is 2.25. The molecule has 1 aromatic carbocycles. The highest BCUT2D eigenvalue weighted by molar-refractivity contribution is 7.91. The Bertz CT molecular complexity index is 885. The maximum Gasteiger partial charge on any atom is 0.255 e. The number of hydrogen-bond acceptors (Lipinski definition) is 6. The molecule has 1 aliphatic rings. The zero-order valence-corrected chi connectivity index (χ0v) is 16.8. The van der Waals surface area contributed by atoms with Gasteiger partial charge in [0.2, 0.25) is 10.0 Å². The second-order valence-corrected chi connectivity index (χ2v) is 10.6. The quantitative estimate of drug-likeness (QED) is 0.637. The van der Waals surface area contributed by atoms with Gasteiger partial charge in [0.05, 0.1) is 29.1 Å². The van der Waals surface area contributed by atoms with Crippen molar-refractivity contribution in [1.29, 1.82) is 0 Å². The van der Waals surface area contributed by atoms with E-state index in [1.165, 1.54) is 32.4 Å². The molecule has 0 bridgehead atoms. The van der Waals surface area contributed by atoms with Crippen LogP contribution in [0.25, 0.3) is 0 Å².